The standard InChI is InChI=1S/C12H20N4O2/c1-14-11(17)7-10(18-6)9(8-13)12(15(2)3)16(4)5/h7H,1-6H3,(H,14,17)/b10-7-. The number of nitrogens with one attached hydrogen (secondary N) is 1. The van der Waals surface area contributed by atoms with E-state index >= 15 is 0 Å². The molecule has 0 atom stereocenters. The molecule has 0 aromatic rings. The van der Waals surface area contributed by atoms with Crippen molar-refractivity contribution >= 4 is 5.91 Å². The molecule has 18 heavy (non-hydrogen) atoms. The van der Waals surface area contributed by atoms with Crippen LogP contribution in [0, 0.1) is 11.3 Å². The Labute approximate surface area is 108 Å². The minimum atomic E-state index is -0.323. The van der Waals surface area contributed by atoms with Gasteiger partial charge in [-0.25, -0.2) is 0 Å². The van der Waals surface area contributed by atoms with Crippen LogP contribution in [0.4, 0.5) is 0 Å². The fourth-order valence-electron chi connectivity index (χ4n) is 1.49. The number of nitrogens with zero attached hydrogens (tertiary/aromatic N) is 3. The second-order valence-corrected chi connectivity index (χ2v) is 3.93. The third kappa shape index (κ3) is 4.01. The number of likely N-dealkylation sites (N-methyl/N-ethyl adjacent to an activating group) is 1. The van der Waals surface area contributed by atoms with E-state index in [0.29, 0.717) is 11.4 Å². The quantitative estimate of drug-likeness (QED) is 0.326. The van der Waals surface area contributed by atoms with E-state index in [1.807, 2.05) is 28.2 Å². The normalized spacial score (nSPS) is 10.2. The molecule has 0 saturated carbocycles. The van der Waals surface area contributed by atoms with E-state index in [4.69, 9.17) is 4.74 Å². The zero-order chi connectivity index (χ0) is 14.3. The number of carbonyl (C=O) groups excluding carboxylic acids is 1. The first-order valence-electron chi connectivity index (χ1n) is 5.35. The lowest BCUT2D eigenvalue weighted by molar-refractivity contribution is -0.116. The Morgan fingerprint density at radius 2 is 1.78 bits per heavy atom. The lowest BCUT2D eigenvalue weighted by Gasteiger charge is -2.26. The molecule has 1 N–H and O–H groups in total. The molecular formula is C12H20N4O2. The topological polar surface area (TPSA) is 68.6 Å². The van der Waals surface area contributed by atoms with Crippen LogP contribution in [0.2, 0.25) is 0 Å². The molecule has 0 fully saturated rings. The molecule has 0 aromatic carbocycles. The predicted molar refractivity (Wildman–Crippen MR) is 69.2 cm³/mol. The molecule has 0 aliphatic rings. The van der Waals surface area contributed by atoms with E-state index in [9.17, 15) is 10.1 Å². The molecule has 0 bridgehead atoms. The monoisotopic (exact) mass is 252 g/mol. The van der Waals surface area contributed by atoms with E-state index in [1.165, 1.54) is 20.2 Å². The summed E-state index contributed by atoms with van der Waals surface area (Å²) in [4.78, 5) is 14.9. The SMILES string of the molecule is CNC(=O)/C=C(\OC)C(C#N)=C(N(C)C)N(C)C. The molecular weight excluding hydrogens is 232 g/mol. The number of allylic oxidation sites excluding steroid dienone is 1. The number of nitriles is 1. The average Bonchev–Trinajstić information content (AvgIpc) is 2.31. The molecule has 0 aliphatic heterocycles. The number of rotatable bonds is 5. The summed E-state index contributed by atoms with van der Waals surface area (Å²) in [5.41, 5.74) is 0.302. The Bertz CT molecular complexity index is 393. The summed E-state index contributed by atoms with van der Waals surface area (Å²) in [5, 5.41) is 11.7. The minimum Gasteiger partial charge on any atom is -0.495 e. The first-order chi connectivity index (χ1) is 8.38. The van der Waals surface area contributed by atoms with Gasteiger partial charge in [-0.3, -0.25) is 4.79 Å². The maximum absolute atomic E-state index is 11.3. The number of carbonyl (C=O) groups is 1. The molecule has 0 rings (SSSR count). The van der Waals surface area contributed by atoms with Crippen molar-refractivity contribution in [2.24, 2.45) is 0 Å². The highest BCUT2D eigenvalue weighted by molar-refractivity contribution is 5.88. The van der Waals surface area contributed by atoms with Crippen molar-refractivity contribution in [1.82, 2.24) is 15.1 Å². The van der Waals surface area contributed by atoms with Gasteiger partial charge >= 0.3 is 0 Å². The summed E-state index contributed by atoms with van der Waals surface area (Å²) in [5.74, 6) is 0.570. The van der Waals surface area contributed by atoms with Crippen LogP contribution >= 0.6 is 0 Å². The number of amides is 1. The van der Waals surface area contributed by atoms with Gasteiger partial charge in [0.15, 0.2) is 0 Å². The number of hydrogen-bond acceptors (Lipinski definition) is 5. The lowest BCUT2D eigenvalue weighted by Crippen LogP contribution is -2.27. The Balaban J connectivity index is 5.79. The third-order valence-corrected chi connectivity index (χ3v) is 2.16. The first-order valence-corrected chi connectivity index (χ1v) is 5.35. The summed E-state index contributed by atoms with van der Waals surface area (Å²) in [7, 11) is 10.2. The molecule has 6 heteroatoms. The first kappa shape index (κ1) is 15.8. The largest absolute Gasteiger partial charge is 0.495 e. The summed E-state index contributed by atoms with van der Waals surface area (Å²) in [6.07, 6.45) is 1.26. The lowest BCUT2D eigenvalue weighted by atomic mass is 10.2. The Hall–Kier alpha value is -2.16. The second-order valence-electron chi connectivity index (χ2n) is 3.93. The summed E-state index contributed by atoms with van der Waals surface area (Å²) in [6.45, 7) is 0. The summed E-state index contributed by atoms with van der Waals surface area (Å²) >= 11 is 0. The van der Waals surface area contributed by atoms with Gasteiger partial charge in [-0.1, -0.05) is 0 Å². The van der Waals surface area contributed by atoms with Gasteiger partial charge in [0.05, 0.1) is 7.11 Å². The highest BCUT2D eigenvalue weighted by Gasteiger charge is 2.17. The van der Waals surface area contributed by atoms with E-state index in [1.54, 1.807) is 9.80 Å². The van der Waals surface area contributed by atoms with Crippen molar-refractivity contribution in [3.8, 4) is 6.07 Å². The van der Waals surface area contributed by atoms with E-state index in [2.05, 4.69) is 11.4 Å². The molecule has 6 nitrogen and oxygen atoms in total. The van der Waals surface area contributed by atoms with Crippen LogP contribution in [-0.2, 0) is 9.53 Å². The molecule has 0 saturated heterocycles. The van der Waals surface area contributed by atoms with Crippen LogP contribution in [0.15, 0.2) is 23.2 Å². The molecule has 100 valence electrons. The van der Waals surface area contributed by atoms with Crippen LogP contribution in [0.25, 0.3) is 0 Å². The van der Waals surface area contributed by atoms with Gasteiger partial charge in [0, 0.05) is 41.3 Å². The number of hydrogen-bond donors (Lipinski definition) is 1. The Kier molecular flexibility index (Phi) is 6.35. The van der Waals surface area contributed by atoms with Gasteiger partial charge in [-0.15, -0.1) is 0 Å². The van der Waals surface area contributed by atoms with Gasteiger partial charge in [-0.2, -0.15) is 5.26 Å². The van der Waals surface area contributed by atoms with Crippen molar-refractivity contribution in [3.05, 3.63) is 23.2 Å². The van der Waals surface area contributed by atoms with E-state index in [-0.39, 0.29) is 11.7 Å². The van der Waals surface area contributed by atoms with Crippen LogP contribution in [0.3, 0.4) is 0 Å². The highest BCUT2D eigenvalue weighted by Crippen LogP contribution is 2.18. The van der Waals surface area contributed by atoms with Crippen molar-refractivity contribution in [2.75, 3.05) is 42.3 Å². The zero-order valence-corrected chi connectivity index (χ0v) is 11.7. The molecule has 1 amide bonds. The number of methoxy groups -OCH3 is 1. The summed E-state index contributed by atoms with van der Waals surface area (Å²) in [6, 6.07) is 2.07. The average molecular weight is 252 g/mol. The van der Waals surface area contributed by atoms with Gasteiger partial charge < -0.3 is 19.9 Å². The zero-order valence-electron chi connectivity index (χ0n) is 11.7. The van der Waals surface area contributed by atoms with Crippen LogP contribution in [0.1, 0.15) is 0 Å². The van der Waals surface area contributed by atoms with Crippen LogP contribution in [-0.4, -0.2) is 58.1 Å². The second kappa shape index (κ2) is 7.22. The van der Waals surface area contributed by atoms with Gasteiger partial charge in [0.25, 0.3) is 0 Å². The minimum absolute atomic E-state index is 0.231. The molecule has 0 unspecified atom stereocenters. The van der Waals surface area contributed by atoms with E-state index < -0.39 is 0 Å². The molecule has 0 spiro atoms. The Morgan fingerprint density at radius 1 is 1.28 bits per heavy atom. The van der Waals surface area contributed by atoms with Crippen molar-refractivity contribution in [2.45, 2.75) is 0 Å². The van der Waals surface area contributed by atoms with Gasteiger partial charge in [0.2, 0.25) is 5.91 Å². The maximum Gasteiger partial charge on any atom is 0.247 e. The fourth-order valence-corrected chi connectivity index (χ4v) is 1.49. The fraction of sp³-hybridized carbons (Fsp3) is 0.500. The molecule has 0 aliphatic carbocycles. The van der Waals surface area contributed by atoms with Gasteiger partial charge in [-0.05, 0) is 0 Å². The van der Waals surface area contributed by atoms with Gasteiger partial charge in [0.1, 0.15) is 23.2 Å². The highest BCUT2D eigenvalue weighted by atomic mass is 16.5. The molecule has 0 aromatic heterocycles. The van der Waals surface area contributed by atoms with Crippen LogP contribution in [0.5, 0.6) is 0 Å². The number of ether oxygens (including phenoxy) is 1. The van der Waals surface area contributed by atoms with Crippen molar-refractivity contribution in [3.63, 3.8) is 0 Å². The summed E-state index contributed by atoms with van der Waals surface area (Å²) < 4.78 is 5.12. The smallest absolute Gasteiger partial charge is 0.247 e. The Morgan fingerprint density at radius 3 is 2.06 bits per heavy atom. The van der Waals surface area contributed by atoms with Crippen molar-refractivity contribution in [1.29, 1.82) is 5.26 Å². The molecule has 0 heterocycles. The van der Waals surface area contributed by atoms with E-state index in [0.717, 1.165) is 0 Å². The predicted octanol–water partition coefficient (Wildman–Crippen LogP) is 0.121. The van der Waals surface area contributed by atoms with Crippen molar-refractivity contribution < 1.29 is 9.53 Å². The molecule has 0 radical (unpaired) electrons. The maximum atomic E-state index is 11.3. The third-order valence-electron chi connectivity index (χ3n) is 2.16. The van der Waals surface area contributed by atoms with Crippen LogP contribution < -0.4 is 5.32 Å².